The molecule has 0 aliphatic rings. The molecule has 0 atom stereocenters. The molecule has 0 heterocycles. The molecule has 0 spiro atoms. The molecular formula is C15H26N3+. The largest absolute Gasteiger partial charge is 0.354 e. The maximum Gasteiger partial charge on any atom is 0.354 e. The smallest absolute Gasteiger partial charge is 0.270 e. The summed E-state index contributed by atoms with van der Waals surface area (Å²) in [5.41, 5.74) is 5.24. The third kappa shape index (κ3) is 2.84. The number of anilines is 1. The molecule has 0 aliphatic carbocycles. The van der Waals surface area contributed by atoms with Gasteiger partial charge in [-0.15, -0.1) is 0 Å². The van der Waals surface area contributed by atoms with Gasteiger partial charge in [-0.3, -0.25) is 9.48 Å². The average molecular weight is 248 g/mol. The summed E-state index contributed by atoms with van der Waals surface area (Å²) in [6, 6.07) is 4.48. The van der Waals surface area contributed by atoms with E-state index in [0.29, 0.717) is 0 Å². The van der Waals surface area contributed by atoms with E-state index in [1.165, 1.54) is 28.3 Å². The summed E-state index contributed by atoms with van der Waals surface area (Å²) in [5.74, 6) is 1.17. The quantitative estimate of drug-likeness (QED) is 0.428. The maximum absolute atomic E-state index is 2.25. The highest BCUT2D eigenvalue weighted by molar-refractivity contribution is 5.93. The highest BCUT2D eigenvalue weighted by Crippen LogP contribution is 2.25. The SMILES string of the molecule is Cc1cc(C)c(N(C)C(N(C)C)=[N+](C)C)c(C)c1. The van der Waals surface area contributed by atoms with E-state index in [1.807, 2.05) is 0 Å². The van der Waals surface area contributed by atoms with Gasteiger partial charge in [-0.1, -0.05) is 17.7 Å². The predicted molar refractivity (Wildman–Crippen MR) is 79.9 cm³/mol. The second kappa shape index (κ2) is 5.42. The van der Waals surface area contributed by atoms with Crippen molar-refractivity contribution in [2.24, 2.45) is 0 Å². The maximum atomic E-state index is 2.25. The first-order chi connectivity index (χ1) is 8.25. The molecule has 0 amide bonds. The van der Waals surface area contributed by atoms with Crippen molar-refractivity contribution in [3.8, 4) is 0 Å². The van der Waals surface area contributed by atoms with Crippen LogP contribution in [-0.2, 0) is 0 Å². The lowest BCUT2D eigenvalue weighted by Crippen LogP contribution is -2.44. The van der Waals surface area contributed by atoms with Gasteiger partial charge in [-0.2, -0.15) is 0 Å². The van der Waals surface area contributed by atoms with Crippen LogP contribution in [0.3, 0.4) is 0 Å². The van der Waals surface area contributed by atoms with Crippen LogP contribution in [0.2, 0.25) is 0 Å². The molecule has 0 N–H and O–H groups in total. The molecule has 3 heteroatoms. The van der Waals surface area contributed by atoms with Crippen molar-refractivity contribution in [2.45, 2.75) is 20.8 Å². The van der Waals surface area contributed by atoms with E-state index in [1.54, 1.807) is 0 Å². The van der Waals surface area contributed by atoms with Gasteiger partial charge in [0.25, 0.3) is 0 Å². The van der Waals surface area contributed by atoms with Crippen LogP contribution in [0.1, 0.15) is 16.7 Å². The molecular weight excluding hydrogens is 222 g/mol. The van der Waals surface area contributed by atoms with E-state index in [-0.39, 0.29) is 0 Å². The number of nitrogens with zero attached hydrogens (tertiary/aromatic N) is 3. The van der Waals surface area contributed by atoms with Crippen molar-refractivity contribution >= 4 is 11.6 Å². The summed E-state index contributed by atoms with van der Waals surface area (Å²) < 4.78 is 2.14. The van der Waals surface area contributed by atoms with Crippen LogP contribution in [0.4, 0.5) is 5.69 Å². The monoisotopic (exact) mass is 248 g/mol. The van der Waals surface area contributed by atoms with Crippen LogP contribution in [0.25, 0.3) is 0 Å². The van der Waals surface area contributed by atoms with E-state index in [4.69, 9.17) is 0 Å². The molecule has 3 nitrogen and oxygen atoms in total. The highest BCUT2D eigenvalue weighted by atomic mass is 15.4. The van der Waals surface area contributed by atoms with E-state index < -0.39 is 0 Å². The van der Waals surface area contributed by atoms with Crippen molar-refractivity contribution in [3.63, 3.8) is 0 Å². The van der Waals surface area contributed by atoms with Crippen LogP contribution < -0.4 is 4.90 Å². The zero-order valence-corrected chi connectivity index (χ0v) is 13.0. The molecule has 0 bridgehead atoms. The fourth-order valence-electron chi connectivity index (χ4n) is 2.80. The molecule has 100 valence electrons. The van der Waals surface area contributed by atoms with Crippen LogP contribution in [0.5, 0.6) is 0 Å². The third-order valence-corrected chi connectivity index (χ3v) is 3.07. The Kier molecular flexibility index (Phi) is 4.38. The Morgan fingerprint density at radius 1 is 0.944 bits per heavy atom. The molecule has 0 unspecified atom stereocenters. The number of aryl methyl sites for hydroxylation is 3. The molecule has 1 aromatic rings. The molecule has 0 fully saturated rings. The number of rotatable bonds is 1. The topological polar surface area (TPSA) is 9.49 Å². The van der Waals surface area contributed by atoms with E-state index in [9.17, 15) is 0 Å². The minimum atomic E-state index is 1.17. The normalized spacial score (nSPS) is 10.2. The first-order valence-corrected chi connectivity index (χ1v) is 6.29. The first-order valence-electron chi connectivity index (χ1n) is 6.29. The Morgan fingerprint density at radius 2 is 1.39 bits per heavy atom. The van der Waals surface area contributed by atoms with Gasteiger partial charge in [0.1, 0.15) is 5.69 Å². The predicted octanol–water partition coefficient (Wildman–Crippen LogP) is 2.24. The summed E-state index contributed by atoms with van der Waals surface area (Å²) in [6.45, 7) is 6.50. The van der Waals surface area contributed by atoms with Crippen LogP contribution in [-0.4, -0.2) is 50.7 Å². The number of guanidine groups is 1. The lowest BCUT2D eigenvalue weighted by molar-refractivity contribution is -0.470. The van der Waals surface area contributed by atoms with Gasteiger partial charge in [-0.25, -0.2) is 4.90 Å². The molecule has 0 aliphatic heterocycles. The lowest BCUT2D eigenvalue weighted by atomic mass is 10.0. The molecule has 18 heavy (non-hydrogen) atoms. The Labute approximate surface area is 111 Å². The zero-order valence-electron chi connectivity index (χ0n) is 13.0. The summed E-state index contributed by atoms with van der Waals surface area (Å²) >= 11 is 0. The highest BCUT2D eigenvalue weighted by Gasteiger charge is 2.23. The van der Waals surface area contributed by atoms with Crippen LogP contribution in [0.15, 0.2) is 12.1 Å². The molecule has 0 saturated heterocycles. The standard InChI is InChI=1S/C15H26N3/c1-11-9-12(2)14(13(3)10-11)18(8)15(16(4)5)17(6)7/h9-10H,1-8H3/q+1. The average Bonchev–Trinajstić information content (AvgIpc) is 2.13. The van der Waals surface area contributed by atoms with E-state index in [0.717, 1.165) is 0 Å². The molecule has 1 rings (SSSR count). The van der Waals surface area contributed by atoms with Gasteiger partial charge < -0.3 is 0 Å². The minimum absolute atomic E-state index is 1.17. The molecule has 1 aromatic carbocycles. The summed E-state index contributed by atoms with van der Waals surface area (Å²) in [4.78, 5) is 4.39. The molecule has 0 saturated carbocycles. The van der Waals surface area contributed by atoms with E-state index in [2.05, 4.69) is 82.5 Å². The van der Waals surface area contributed by atoms with Gasteiger partial charge in [0.05, 0.1) is 35.2 Å². The third-order valence-electron chi connectivity index (χ3n) is 3.07. The van der Waals surface area contributed by atoms with Crippen molar-refractivity contribution in [2.75, 3.05) is 40.1 Å². The van der Waals surface area contributed by atoms with Crippen LogP contribution in [0, 0.1) is 20.8 Å². The van der Waals surface area contributed by atoms with Crippen molar-refractivity contribution < 1.29 is 4.58 Å². The number of hydrogen-bond donors (Lipinski definition) is 0. The van der Waals surface area contributed by atoms with Crippen LogP contribution >= 0.6 is 0 Å². The first kappa shape index (κ1) is 14.6. The number of hydrogen-bond acceptors (Lipinski definition) is 0. The van der Waals surface area contributed by atoms with Gasteiger partial charge in [0, 0.05) is 0 Å². The molecule has 0 aromatic heterocycles. The fraction of sp³-hybridized carbons (Fsp3) is 0.533. The molecule has 0 radical (unpaired) electrons. The summed E-state index contributed by atoms with van der Waals surface area (Å²) in [6.07, 6.45) is 0. The zero-order chi connectivity index (χ0) is 14.0. The summed E-state index contributed by atoms with van der Waals surface area (Å²) in [7, 11) is 10.4. The van der Waals surface area contributed by atoms with Gasteiger partial charge in [0.15, 0.2) is 0 Å². The lowest BCUT2D eigenvalue weighted by Gasteiger charge is -2.24. The Hall–Kier alpha value is -1.51. The minimum Gasteiger partial charge on any atom is -0.270 e. The second-order valence-electron chi connectivity index (χ2n) is 5.40. The Morgan fingerprint density at radius 3 is 1.72 bits per heavy atom. The van der Waals surface area contributed by atoms with Gasteiger partial charge in [-0.05, 0) is 31.9 Å². The van der Waals surface area contributed by atoms with Gasteiger partial charge in [0.2, 0.25) is 0 Å². The van der Waals surface area contributed by atoms with Gasteiger partial charge >= 0.3 is 5.96 Å². The van der Waals surface area contributed by atoms with Crippen molar-refractivity contribution in [3.05, 3.63) is 28.8 Å². The Bertz CT molecular complexity index is 446. The second-order valence-corrected chi connectivity index (χ2v) is 5.40. The van der Waals surface area contributed by atoms with Crippen molar-refractivity contribution in [1.82, 2.24) is 4.90 Å². The fourth-order valence-corrected chi connectivity index (χ4v) is 2.80. The summed E-state index contributed by atoms with van der Waals surface area (Å²) in [5, 5.41) is 0. The Balaban J connectivity index is 3.35. The number of benzene rings is 1. The van der Waals surface area contributed by atoms with E-state index >= 15 is 0 Å². The van der Waals surface area contributed by atoms with Crippen molar-refractivity contribution in [1.29, 1.82) is 0 Å².